The van der Waals surface area contributed by atoms with Crippen LogP contribution in [-0.4, -0.2) is 30.2 Å². The van der Waals surface area contributed by atoms with Gasteiger partial charge in [-0.3, -0.25) is 4.79 Å². The Hall–Kier alpha value is -3.15. The molecule has 0 spiro atoms. The zero-order valence-corrected chi connectivity index (χ0v) is 13.7. The van der Waals surface area contributed by atoms with Crippen LogP contribution in [-0.2, 0) is 4.79 Å². The molecule has 3 aromatic rings. The van der Waals surface area contributed by atoms with E-state index in [2.05, 4.69) is 10.1 Å². The second-order valence-corrected chi connectivity index (χ2v) is 5.25. The summed E-state index contributed by atoms with van der Waals surface area (Å²) in [4.78, 5) is 17.4. The Morgan fingerprint density at radius 1 is 1.12 bits per heavy atom. The molecule has 0 fully saturated rings. The van der Waals surface area contributed by atoms with Gasteiger partial charge in [-0.1, -0.05) is 17.3 Å². The van der Waals surface area contributed by atoms with E-state index in [9.17, 15) is 4.79 Å². The molecule has 0 bridgehead atoms. The van der Waals surface area contributed by atoms with Gasteiger partial charge in [0.05, 0.1) is 12.7 Å². The Balaban J connectivity index is 1.89. The molecule has 1 aromatic heterocycles. The van der Waals surface area contributed by atoms with Crippen molar-refractivity contribution in [2.24, 2.45) is 0 Å². The number of nitrogens with zero attached hydrogens (tertiary/aromatic N) is 3. The van der Waals surface area contributed by atoms with Gasteiger partial charge in [0, 0.05) is 25.2 Å². The molecule has 1 amide bonds. The van der Waals surface area contributed by atoms with Gasteiger partial charge in [0.2, 0.25) is 11.7 Å². The molecule has 6 nitrogen and oxygen atoms in total. The monoisotopic (exact) mass is 323 g/mol. The third-order valence-corrected chi connectivity index (χ3v) is 3.75. The Bertz CT molecular complexity index is 856. The van der Waals surface area contributed by atoms with Crippen LogP contribution in [0.1, 0.15) is 6.92 Å². The third kappa shape index (κ3) is 2.99. The second-order valence-electron chi connectivity index (χ2n) is 5.25. The maximum Gasteiger partial charge on any atom is 0.258 e. The van der Waals surface area contributed by atoms with Crippen LogP contribution < -0.4 is 9.64 Å². The van der Waals surface area contributed by atoms with E-state index in [1.807, 2.05) is 48.5 Å². The Kier molecular flexibility index (Phi) is 4.29. The summed E-state index contributed by atoms with van der Waals surface area (Å²) in [6.07, 6.45) is 0. The van der Waals surface area contributed by atoms with Crippen molar-refractivity contribution < 1.29 is 14.1 Å². The van der Waals surface area contributed by atoms with Crippen molar-refractivity contribution in [1.82, 2.24) is 10.1 Å². The van der Waals surface area contributed by atoms with Crippen LogP contribution in [0.2, 0.25) is 0 Å². The highest BCUT2D eigenvalue weighted by Gasteiger charge is 2.14. The van der Waals surface area contributed by atoms with Gasteiger partial charge in [0.15, 0.2) is 0 Å². The van der Waals surface area contributed by atoms with E-state index >= 15 is 0 Å². The van der Waals surface area contributed by atoms with Gasteiger partial charge in [-0.05, 0) is 36.4 Å². The molecule has 0 atom stereocenters. The van der Waals surface area contributed by atoms with Crippen LogP contribution >= 0.6 is 0 Å². The second kappa shape index (κ2) is 6.54. The Labute approximate surface area is 139 Å². The van der Waals surface area contributed by atoms with Crippen molar-refractivity contribution in [3.05, 3.63) is 48.5 Å². The normalized spacial score (nSPS) is 10.5. The van der Waals surface area contributed by atoms with E-state index in [-0.39, 0.29) is 5.91 Å². The smallest absolute Gasteiger partial charge is 0.258 e. The number of aromatic nitrogens is 2. The van der Waals surface area contributed by atoms with E-state index in [0.29, 0.717) is 17.5 Å². The first-order chi connectivity index (χ1) is 11.6. The number of amides is 1. The molecule has 0 unspecified atom stereocenters. The summed E-state index contributed by atoms with van der Waals surface area (Å²) < 4.78 is 10.7. The quantitative estimate of drug-likeness (QED) is 0.736. The van der Waals surface area contributed by atoms with Crippen LogP contribution in [0.4, 0.5) is 5.69 Å². The molecule has 0 N–H and O–H groups in total. The summed E-state index contributed by atoms with van der Waals surface area (Å²) in [6, 6.07) is 14.8. The topological polar surface area (TPSA) is 68.5 Å². The predicted octanol–water partition coefficient (Wildman–Crippen LogP) is 3.39. The molecular weight excluding hydrogens is 306 g/mol. The first kappa shape index (κ1) is 15.7. The van der Waals surface area contributed by atoms with E-state index in [1.54, 1.807) is 19.1 Å². The molecule has 0 saturated carbocycles. The number of methoxy groups -OCH3 is 1. The molecule has 0 saturated heterocycles. The summed E-state index contributed by atoms with van der Waals surface area (Å²) in [5.41, 5.74) is 2.35. The van der Waals surface area contributed by atoms with Crippen molar-refractivity contribution in [2.45, 2.75) is 6.92 Å². The van der Waals surface area contributed by atoms with E-state index in [4.69, 9.17) is 9.26 Å². The first-order valence-electron chi connectivity index (χ1n) is 7.42. The molecule has 122 valence electrons. The molecule has 0 radical (unpaired) electrons. The van der Waals surface area contributed by atoms with Crippen molar-refractivity contribution >= 4 is 11.6 Å². The molecule has 3 rings (SSSR count). The average molecular weight is 323 g/mol. The molecule has 0 aliphatic heterocycles. The van der Waals surface area contributed by atoms with Gasteiger partial charge in [-0.25, -0.2) is 0 Å². The van der Waals surface area contributed by atoms with E-state index < -0.39 is 0 Å². The lowest BCUT2D eigenvalue weighted by molar-refractivity contribution is -0.116. The molecule has 0 aliphatic rings. The largest absolute Gasteiger partial charge is 0.496 e. The molecule has 0 aliphatic carbocycles. The number of hydrogen-bond acceptors (Lipinski definition) is 5. The standard InChI is InChI=1S/C18H17N3O3/c1-12(22)21(2)14-10-8-13(9-11-14)18-19-17(20-24-18)15-6-4-5-7-16(15)23-3/h4-11H,1-3H3. The van der Waals surface area contributed by atoms with Crippen molar-refractivity contribution in [3.8, 4) is 28.6 Å². The number of ether oxygens (including phenoxy) is 1. The number of carbonyl (C=O) groups excluding carboxylic acids is 1. The molecular formula is C18H17N3O3. The van der Waals surface area contributed by atoms with Crippen LogP contribution in [0.3, 0.4) is 0 Å². The SMILES string of the molecule is COc1ccccc1-c1noc(-c2ccc(N(C)C(C)=O)cc2)n1. The first-order valence-corrected chi connectivity index (χ1v) is 7.42. The van der Waals surface area contributed by atoms with Gasteiger partial charge in [0.25, 0.3) is 5.89 Å². The minimum absolute atomic E-state index is 0.0287. The number of para-hydroxylation sites is 1. The fourth-order valence-corrected chi connectivity index (χ4v) is 2.29. The minimum atomic E-state index is -0.0287. The lowest BCUT2D eigenvalue weighted by atomic mass is 10.2. The Morgan fingerprint density at radius 2 is 1.83 bits per heavy atom. The third-order valence-electron chi connectivity index (χ3n) is 3.75. The zero-order valence-electron chi connectivity index (χ0n) is 13.7. The average Bonchev–Trinajstić information content (AvgIpc) is 3.11. The summed E-state index contributed by atoms with van der Waals surface area (Å²) in [5, 5.41) is 4.03. The van der Waals surface area contributed by atoms with Gasteiger partial charge in [-0.15, -0.1) is 0 Å². The number of anilines is 1. The van der Waals surface area contributed by atoms with E-state index in [0.717, 1.165) is 16.8 Å². The predicted molar refractivity (Wildman–Crippen MR) is 90.8 cm³/mol. The van der Waals surface area contributed by atoms with Gasteiger partial charge in [0.1, 0.15) is 5.75 Å². The molecule has 2 aromatic carbocycles. The van der Waals surface area contributed by atoms with Gasteiger partial charge < -0.3 is 14.2 Å². The zero-order chi connectivity index (χ0) is 17.1. The number of carbonyl (C=O) groups is 1. The summed E-state index contributed by atoms with van der Waals surface area (Å²) in [6.45, 7) is 1.52. The maximum atomic E-state index is 11.4. The fourth-order valence-electron chi connectivity index (χ4n) is 2.29. The lowest BCUT2D eigenvalue weighted by Gasteiger charge is -2.14. The van der Waals surface area contributed by atoms with Crippen LogP contribution in [0, 0.1) is 0 Å². The number of benzene rings is 2. The highest BCUT2D eigenvalue weighted by atomic mass is 16.5. The fraction of sp³-hybridized carbons (Fsp3) is 0.167. The van der Waals surface area contributed by atoms with Crippen molar-refractivity contribution in [3.63, 3.8) is 0 Å². The summed E-state index contributed by atoms with van der Waals surface area (Å²) >= 11 is 0. The number of rotatable bonds is 4. The number of hydrogen-bond donors (Lipinski definition) is 0. The van der Waals surface area contributed by atoms with Crippen LogP contribution in [0.15, 0.2) is 53.1 Å². The van der Waals surface area contributed by atoms with Crippen molar-refractivity contribution in [1.29, 1.82) is 0 Å². The van der Waals surface area contributed by atoms with Crippen LogP contribution in [0.25, 0.3) is 22.8 Å². The highest BCUT2D eigenvalue weighted by Crippen LogP contribution is 2.29. The van der Waals surface area contributed by atoms with Gasteiger partial charge in [-0.2, -0.15) is 4.98 Å². The summed E-state index contributed by atoms with van der Waals surface area (Å²) in [7, 11) is 3.33. The molecule has 1 heterocycles. The molecule has 6 heteroatoms. The van der Waals surface area contributed by atoms with Crippen molar-refractivity contribution in [2.75, 3.05) is 19.1 Å². The highest BCUT2D eigenvalue weighted by molar-refractivity contribution is 5.91. The minimum Gasteiger partial charge on any atom is -0.496 e. The Morgan fingerprint density at radius 3 is 2.50 bits per heavy atom. The van der Waals surface area contributed by atoms with E-state index in [1.165, 1.54) is 6.92 Å². The van der Waals surface area contributed by atoms with Gasteiger partial charge >= 0.3 is 0 Å². The molecule has 24 heavy (non-hydrogen) atoms. The summed E-state index contributed by atoms with van der Waals surface area (Å²) in [5.74, 6) is 1.53. The van der Waals surface area contributed by atoms with Crippen LogP contribution in [0.5, 0.6) is 5.75 Å². The lowest BCUT2D eigenvalue weighted by Crippen LogP contribution is -2.22. The maximum absolute atomic E-state index is 11.4.